The molecular formula is C9H11ClF3N5. The van der Waals surface area contributed by atoms with E-state index in [2.05, 4.69) is 10.6 Å². The molecule has 0 heterocycles. The van der Waals surface area contributed by atoms with Gasteiger partial charge in [-0.15, -0.1) is 12.4 Å². The van der Waals surface area contributed by atoms with Crippen LogP contribution < -0.4 is 16.4 Å². The van der Waals surface area contributed by atoms with Crippen molar-refractivity contribution < 1.29 is 13.2 Å². The maximum atomic E-state index is 13.1. The Bertz CT molecular complexity index is 443. The van der Waals surface area contributed by atoms with Crippen LogP contribution in [0.1, 0.15) is 5.56 Å². The first-order valence-corrected chi connectivity index (χ1v) is 4.47. The van der Waals surface area contributed by atoms with Gasteiger partial charge in [-0.3, -0.25) is 16.1 Å². The second-order valence-electron chi connectivity index (χ2n) is 3.12. The third-order valence-corrected chi connectivity index (χ3v) is 1.81. The molecule has 1 aromatic carbocycles. The van der Waals surface area contributed by atoms with Crippen LogP contribution in [0.5, 0.6) is 0 Å². The summed E-state index contributed by atoms with van der Waals surface area (Å²) in [5.41, 5.74) is 4.53. The molecular weight excluding hydrogens is 271 g/mol. The van der Waals surface area contributed by atoms with Gasteiger partial charge in [-0.05, 0) is 0 Å². The predicted octanol–water partition coefficient (Wildman–Crippen LogP) is 1.03. The highest BCUT2D eigenvalue weighted by molar-refractivity contribution is 5.94. The van der Waals surface area contributed by atoms with Crippen molar-refractivity contribution in [3.8, 4) is 0 Å². The second kappa shape index (κ2) is 6.70. The summed E-state index contributed by atoms with van der Waals surface area (Å²) in [5.74, 6) is -3.99. The van der Waals surface area contributed by atoms with Crippen molar-refractivity contribution in [2.75, 3.05) is 0 Å². The summed E-state index contributed by atoms with van der Waals surface area (Å²) in [5, 5.41) is 18.4. The molecule has 0 saturated heterocycles. The molecule has 0 aliphatic rings. The summed E-state index contributed by atoms with van der Waals surface area (Å²) in [7, 11) is 0. The summed E-state index contributed by atoms with van der Waals surface area (Å²) >= 11 is 0. The molecule has 0 saturated carbocycles. The maximum Gasteiger partial charge on any atom is 0.195 e. The highest BCUT2D eigenvalue weighted by atomic mass is 35.5. The van der Waals surface area contributed by atoms with Gasteiger partial charge in [0.1, 0.15) is 17.5 Å². The normalized spacial score (nSPS) is 9.28. The summed E-state index contributed by atoms with van der Waals surface area (Å²) in [4.78, 5) is 0. The Morgan fingerprint density at radius 2 is 1.67 bits per heavy atom. The standard InChI is InChI=1S/C9H10F3N5.ClH/c10-4-1-6(11)5(7(12)2-4)3-16-9(15)17-8(13)14;/h1-2H,3H2,(H6,13,14,15,16,17);1H. The van der Waals surface area contributed by atoms with Crippen LogP contribution >= 0.6 is 12.4 Å². The first-order valence-electron chi connectivity index (χ1n) is 4.47. The lowest BCUT2D eigenvalue weighted by atomic mass is 10.2. The Hall–Kier alpha value is -1.96. The van der Waals surface area contributed by atoms with Gasteiger partial charge in [0.05, 0.1) is 0 Å². The van der Waals surface area contributed by atoms with E-state index in [0.717, 1.165) is 0 Å². The number of halogens is 4. The van der Waals surface area contributed by atoms with Crippen molar-refractivity contribution in [3.05, 3.63) is 35.1 Å². The molecule has 0 aliphatic heterocycles. The van der Waals surface area contributed by atoms with Crippen molar-refractivity contribution in [2.24, 2.45) is 5.73 Å². The van der Waals surface area contributed by atoms with E-state index in [4.69, 9.17) is 16.6 Å². The molecule has 5 nitrogen and oxygen atoms in total. The zero-order valence-corrected chi connectivity index (χ0v) is 9.80. The number of rotatable bonds is 2. The minimum Gasteiger partial charge on any atom is -0.370 e. The van der Waals surface area contributed by atoms with Crippen LogP contribution in [0.25, 0.3) is 0 Å². The quantitative estimate of drug-likeness (QED) is 0.414. The Balaban J connectivity index is 0.00000289. The fourth-order valence-electron chi connectivity index (χ4n) is 1.10. The Morgan fingerprint density at radius 3 is 2.11 bits per heavy atom. The van der Waals surface area contributed by atoms with Gasteiger partial charge < -0.3 is 11.1 Å². The molecule has 1 rings (SSSR count). The van der Waals surface area contributed by atoms with E-state index in [-0.39, 0.29) is 24.9 Å². The molecule has 0 radical (unpaired) electrons. The maximum absolute atomic E-state index is 13.1. The molecule has 0 fully saturated rings. The Labute approximate surface area is 107 Å². The van der Waals surface area contributed by atoms with Crippen LogP contribution in [0.2, 0.25) is 0 Å². The van der Waals surface area contributed by atoms with E-state index in [1.54, 1.807) is 0 Å². The molecule has 1 aromatic rings. The molecule has 0 bridgehead atoms. The smallest absolute Gasteiger partial charge is 0.195 e. The topological polar surface area (TPSA) is 97.8 Å². The highest BCUT2D eigenvalue weighted by Crippen LogP contribution is 2.14. The van der Waals surface area contributed by atoms with Gasteiger partial charge in [-0.1, -0.05) is 0 Å². The number of hydrogen-bond acceptors (Lipinski definition) is 2. The number of nitrogens with one attached hydrogen (secondary N) is 4. The monoisotopic (exact) mass is 281 g/mol. The summed E-state index contributed by atoms with van der Waals surface area (Å²) in [6.45, 7) is -0.364. The summed E-state index contributed by atoms with van der Waals surface area (Å²) in [6.07, 6.45) is 0. The highest BCUT2D eigenvalue weighted by Gasteiger charge is 2.11. The Kier molecular flexibility index (Phi) is 5.97. The number of benzene rings is 1. The van der Waals surface area contributed by atoms with Gasteiger partial charge in [-0.25, -0.2) is 13.2 Å². The van der Waals surface area contributed by atoms with Crippen LogP contribution in [0.15, 0.2) is 12.1 Å². The average molecular weight is 282 g/mol. The van der Waals surface area contributed by atoms with E-state index < -0.39 is 29.0 Å². The first kappa shape index (κ1) is 16.0. The zero-order valence-electron chi connectivity index (χ0n) is 8.98. The molecule has 0 atom stereocenters. The molecule has 0 spiro atoms. The first-order chi connectivity index (χ1) is 7.90. The molecule has 0 amide bonds. The second-order valence-corrected chi connectivity index (χ2v) is 3.12. The van der Waals surface area contributed by atoms with Gasteiger partial charge in [0.25, 0.3) is 0 Å². The van der Waals surface area contributed by atoms with Gasteiger partial charge in [0.2, 0.25) is 0 Å². The molecule has 0 aliphatic carbocycles. The van der Waals surface area contributed by atoms with Crippen molar-refractivity contribution in [2.45, 2.75) is 6.54 Å². The summed E-state index contributed by atoms with van der Waals surface area (Å²) in [6, 6.07) is 1.09. The van der Waals surface area contributed by atoms with Crippen LogP contribution in [-0.2, 0) is 6.54 Å². The van der Waals surface area contributed by atoms with Crippen molar-refractivity contribution >= 4 is 24.3 Å². The largest absolute Gasteiger partial charge is 0.370 e. The lowest BCUT2D eigenvalue weighted by molar-refractivity contribution is 0.520. The van der Waals surface area contributed by atoms with Gasteiger partial charge in [0.15, 0.2) is 11.9 Å². The lowest BCUT2D eigenvalue weighted by Crippen LogP contribution is -2.43. The Morgan fingerprint density at radius 1 is 1.17 bits per heavy atom. The molecule has 100 valence electrons. The van der Waals surface area contributed by atoms with Gasteiger partial charge >= 0.3 is 0 Å². The number of nitrogens with two attached hydrogens (primary N) is 1. The molecule has 9 heteroatoms. The van der Waals surface area contributed by atoms with Crippen molar-refractivity contribution in [1.82, 2.24) is 10.6 Å². The number of guanidine groups is 2. The lowest BCUT2D eigenvalue weighted by Gasteiger charge is -2.10. The van der Waals surface area contributed by atoms with Crippen molar-refractivity contribution in [3.63, 3.8) is 0 Å². The molecule has 0 aromatic heterocycles. The zero-order chi connectivity index (χ0) is 13.0. The van der Waals surface area contributed by atoms with E-state index in [1.165, 1.54) is 0 Å². The fraction of sp³-hybridized carbons (Fsp3) is 0.111. The van der Waals surface area contributed by atoms with Gasteiger partial charge in [-0.2, -0.15) is 0 Å². The van der Waals surface area contributed by atoms with E-state index in [1.807, 2.05) is 0 Å². The SMILES string of the molecule is Cl.N=C(N)NC(=N)NCc1c(F)cc(F)cc1F. The van der Waals surface area contributed by atoms with E-state index in [9.17, 15) is 13.2 Å². The third kappa shape index (κ3) is 4.50. The fourth-order valence-corrected chi connectivity index (χ4v) is 1.10. The minimum atomic E-state index is -1.05. The van der Waals surface area contributed by atoms with Crippen LogP contribution in [0.4, 0.5) is 13.2 Å². The van der Waals surface area contributed by atoms with Crippen molar-refractivity contribution in [1.29, 1.82) is 10.8 Å². The van der Waals surface area contributed by atoms with Crippen LogP contribution in [-0.4, -0.2) is 11.9 Å². The predicted molar refractivity (Wildman–Crippen MR) is 63.2 cm³/mol. The van der Waals surface area contributed by atoms with Crippen LogP contribution in [0, 0.1) is 28.3 Å². The molecule has 6 N–H and O–H groups in total. The summed E-state index contributed by atoms with van der Waals surface area (Å²) < 4.78 is 38.9. The average Bonchev–Trinajstić information content (AvgIpc) is 2.14. The molecule has 18 heavy (non-hydrogen) atoms. The molecule has 0 unspecified atom stereocenters. The number of hydrogen-bond donors (Lipinski definition) is 5. The van der Waals surface area contributed by atoms with E-state index >= 15 is 0 Å². The third-order valence-electron chi connectivity index (χ3n) is 1.81. The van der Waals surface area contributed by atoms with E-state index in [0.29, 0.717) is 12.1 Å². The minimum absolute atomic E-state index is 0. The van der Waals surface area contributed by atoms with Gasteiger partial charge in [0, 0.05) is 24.2 Å². The van der Waals surface area contributed by atoms with Crippen LogP contribution in [0.3, 0.4) is 0 Å².